The van der Waals surface area contributed by atoms with Crippen LogP contribution in [0.4, 0.5) is 0 Å². The Balaban J connectivity index is 1.40. The van der Waals surface area contributed by atoms with E-state index in [2.05, 4.69) is 16.8 Å². The van der Waals surface area contributed by atoms with Crippen LogP contribution in [0.3, 0.4) is 0 Å². The lowest BCUT2D eigenvalue weighted by molar-refractivity contribution is -0.128. The van der Waals surface area contributed by atoms with E-state index in [9.17, 15) is 4.79 Å². The highest BCUT2D eigenvalue weighted by atomic mass is 32.1. The maximum atomic E-state index is 13.1. The molecule has 4 rings (SSSR count). The molecule has 1 saturated heterocycles. The molecule has 1 aliphatic heterocycles. The number of rotatable bonds is 11. The molecule has 0 radical (unpaired) electrons. The van der Waals surface area contributed by atoms with Gasteiger partial charge in [-0.3, -0.25) is 4.79 Å². The van der Waals surface area contributed by atoms with Gasteiger partial charge in [0.15, 0.2) is 0 Å². The SMILES string of the molecule is COc1ccc(/C=C/C(=O)N(Cc2cccc(OCCc3ccsc3)c2)C[C@H]2CCCO2)cc1. The highest BCUT2D eigenvalue weighted by Gasteiger charge is 2.22. The van der Waals surface area contributed by atoms with Crippen LogP contribution in [0.1, 0.15) is 29.5 Å². The van der Waals surface area contributed by atoms with Gasteiger partial charge in [0.2, 0.25) is 5.91 Å². The molecule has 1 aliphatic rings. The lowest BCUT2D eigenvalue weighted by Crippen LogP contribution is -2.35. The maximum absolute atomic E-state index is 13.1. The Morgan fingerprint density at radius 2 is 2.03 bits per heavy atom. The molecule has 0 unspecified atom stereocenters. The van der Waals surface area contributed by atoms with Crippen LogP contribution in [-0.4, -0.2) is 43.8 Å². The number of thiophene rings is 1. The Morgan fingerprint density at radius 1 is 1.15 bits per heavy atom. The molecule has 5 nitrogen and oxygen atoms in total. The molecule has 3 aromatic rings. The van der Waals surface area contributed by atoms with Gasteiger partial charge in [-0.15, -0.1) is 0 Å². The van der Waals surface area contributed by atoms with E-state index >= 15 is 0 Å². The van der Waals surface area contributed by atoms with E-state index in [-0.39, 0.29) is 12.0 Å². The number of carbonyl (C=O) groups excluding carboxylic acids is 1. The van der Waals surface area contributed by atoms with Crippen molar-refractivity contribution in [3.05, 3.63) is 88.1 Å². The van der Waals surface area contributed by atoms with Crippen LogP contribution < -0.4 is 9.47 Å². The van der Waals surface area contributed by atoms with E-state index in [1.165, 1.54) is 5.56 Å². The largest absolute Gasteiger partial charge is 0.497 e. The van der Waals surface area contributed by atoms with Gasteiger partial charge in [-0.1, -0.05) is 24.3 Å². The van der Waals surface area contributed by atoms with Crippen LogP contribution in [0.2, 0.25) is 0 Å². The van der Waals surface area contributed by atoms with E-state index in [1.54, 1.807) is 24.5 Å². The van der Waals surface area contributed by atoms with E-state index in [0.717, 1.165) is 48.5 Å². The van der Waals surface area contributed by atoms with Crippen molar-refractivity contribution in [1.29, 1.82) is 0 Å². The average molecular weight is 478 g/mol. The molecule has 1 aromatic heterocycles. The third-order valence-corrected chi connectivity index (χ3v) is 6.54. The first kappa shape index (κ1) is 24.0. The molecule has 34 heavy (non-hydrogen) atoms. The number of benzene rings is 2. The van der Waals surface area contributed by atoms with Crippen molar-refractivity contribution in [3.63, 3.8) is 0 Å². The highest BCUT2D eigenvalue weighted by molar-refractivity contribution is 7.07. The second-order valence-corrected chi connectivity index (χ2v) is 9.12. The number of ether oxygens (including phenoxy) is 3. The van der Waals surface area contributed by atoms with Crippen molar-refractivity contribution < 1.29 is 19.0 Å². The fourth-order valence-electron chi connectivity index (χ4n) is 3.93. The summed E-state index contributed by atoms with van der Waals surface area (Å²) in [5, 5.41) is 4.23. The molecule has 0 bridgehead atoms. The van der Waals surface area contributed by atoms with Crippen LogP contribution in [-0.2, 0) is 22.5 Å². The van der Waals surface area contributed by atoms with E-state index in [1.807, 2.05) is 59.5 Å². The summed E-state index contributed by atoms with van der Waals surface area (Å²) in [5.41, 5.74) is 3.28. The Morgan fingerprint density at radius 3 is 2.76 bits per heavy atom. The number of carbonyl (C=O) groups is 1. The zero-order valence-electron chi connectivity index (χ0n) is 19.5. The molecule has 1 atom stereocenters. The Bertz CT molecular complexity index is 1060. The quantitative estimate of drug-likeness (QED) is 0.337. The van der Waals surface area contributed by atoms with Gasteiger partial charge >= 0.3 is 0 Å². The van der Waals surface area contributed by atoms with Gasteiger partial charge in [0.25, 0.3) is 0 Å². The van der Waals surface area contributed by atoms with Crippen LogP contribution in [0.25, 0.3) is 6.08 Å². The van der Waals surface area contributed by atoms with Crippen LogP contribution in [0.15, 0.2) is 71.4 Å². The van der Waals surface area contributed by atoms with E-state index < -0.39 is 0 Å². The Hall–Kier alpha value is -3.09. The summed E-state index contributed by atoms with van der Waals surface area (Å²) >= 11 is 1.70. The molecule has 1 amide bonds. The third-order valence-electron chi connectivity index (χ3n) is 5.81. The normalized spacial score (nSPS) is 15.5. The minimum atomic E-state index is -0.0323. The van der Waals surface area contributed by atoms with Gasteiger partial charge in [0, 0.05) is 32.2 Å². The molecule has 2 aromatic carbocycles. The predicted octanol–water partition coefficient (Wildman–Crippen LogP) is 5.60. The zero-order valence-corrected chi connectivity index (χ0v) is 20.3. The summed E-state index contributed by atoms with van der Waals surface area (Å²) in [6.07, 6.45) is 6.47. The Kier molecular flexibility index (Phi) is 8.77. The summed E-state index contributed by atoms with van der Waals surface area (Å²) in [6, 6.07) is 17.8. The zero-order chi connectivity index (χ0) is 23.6. The Labute approximate surface area is 205 Å². The number of methoxy groups -OCH3 is 1. The van der Waals surface area contributed by atoms with Gasteiger partial charge in [0.05, 0.1) is 19.8 Å². The lowest BCUT2D eigenvalue weighted by atomic mass is 10.1. The van der Waals surface area contributed by atoms with Crippen LogP contribution in [0.5, 0.6) is 11.5 Å². The second-order valence-electron chi connectivity index (χ2n) is 8.34. The molecule has 178 valence electrons. The highest BCUT2D eigenvalue weighted by Crippen LogP contribution is 2.19. The molecule has 2 heterocycles. The summed E-state index contributed by atoms with van der Waals surface area (Å²) in [4.78, 5) is 15.0. The van der Waals surface area contributed by atoms with Crippen molar-refractivity contribution in [2.75, 3.05) is 26.9 Å². The number of nitrogens with zero attached hydrogens (tertiary/aromatic N) is 1. The monoisotopic (exact) mass is 477 g/mol. The van der Waals surface area contributed by atoms with Gasteiger partial charge < -0.3 is 19.1 Å². The molecule has 0 saturated carbocycles. The van der Waals surface area contributed by atoms with E-state index in [4.69, 9.17) is 14.2 Å². The standard InChI is InChI=1S/C28H31NO4S/c1-31-25-10-7-22(8-11-25)9-12-28(30)29(20-27-6-3-15-32-27)19-24-4-2-5-26(18-24)33-16-13-23-14-17-34-21-23/h2,4-5,7-12,14,17-18,21,27H,3,6,13,15-16,19-20H2,1H3/b12-9+/t27-/m1/s1. The molecule has 1 fully saturated rings. The van der Waals surface area contributed by atoms with Gasteiger partial charge in [-0.2, -0.15) is 11.3 Å². The molecule has 0 N–H and O–H groups in total. The fourth-order valence-corrected chi connectivity index (χ4v) is 4.63. The third kappa shape index (κ3) is 7.20. The van der Waals surface area contributed by atoms with E-state index in [0.29, 0.717) is 19.7 Å². The van der Waals surface area contributed by atoms with Gasteiger partial charge in [-0.05, 0) is 76.7 Å². The predicted molar refractivity (Wildman–Crippen MR) is 136 cm³/mol. The maximum Gasteiger partial charge on any atom is 0.246 e. The first-order valence-corrected chi connectivity index (χ1v) is 12.6. The summed E-state index contributed by atoms with van der Waals surface area (Å²) in [7, 11) is 1.64. The van der Waals surface area contributed by atoms with Crippen LogP contribution >= 0.6 is 11.3 Å². The van der Waals surface area contributed by atoms with Crippen molar-refractivity contribution in [2.24, 2.45) is 0 Å². The fraction of sp³-hybridized carbons (Fsp3) is 0.321. The minimum absolute atomic E-state index is 0.0323. The van der Waals surface area contributed by atoms with Crippen molar-refractivity contribution >= 4 is 23.3 Å². The smallest absolute Gasteiger partial charge is 0.246 e. The van der Waals surface area contributed by atoms with Crippen molar-refractivity contribution in [3.8, 4) is 11.5 Å². The topological polar surface area (TPSA) is 48.0 Å². The number of hydrogen-bond acceptors (Lipinski definition) is 5. The number of hydrogen-bond donors (Lipinski definition) is 0. The first-order valence-electron chi connectivity index (χ1n) is 11.6. The summed E-state index contributed by atoms with van der Waals surface area (Å²) < 4.78 is 17.0. The molecular weight excluding hydrogens is 446 g/mol. The van der Waals surface area contributed by atoms with Crippen molar-refractivity contribution in [1.82, 2.24) is 4.90 Å². The molecule has 6 heteroatoms. The van der Waals surface area contributed by atoms with Gasteiger partial charge in [0.1, 0.15) is 11.5 Å². The lowest BCUT2D eigenvalue weighted by Gasteiger charge is -2.24. The summed E-state index contributed by atoms with van der Waals surface area (Å²) in [5.74, 6) is 1.59. The van der Waals surface area contributed by atoms with Gasteiger partial charge in [-0.25, -0.2) is 0 Å². The van der Waals surface area contributed by atoms with Crippen molar-refractivity contribution in [2.45, 2.75) is 31.9 Å². The molecular formula is C28H31NO4S. The second kappa shape index (κ2) is 12.4. The first-order chi connectivity index (χ1) is 16.7. The summed E-state index contributed by atoms with van der Waals surface area (Å²) in [6.45, 7) is 2.48. The molecule has 0 spiro atoms. The number of amides is 1. The van der Waals surface area contributed by atoms with Crippen LogP contribution in [0, 0.1) is 0 Å². The average Bonchev–Trinajstić information content (AvgIpc) is 3.57. The minimum Gasteiger partial charge on any atom is -0.497 e. The molecule has 0 aliphatic carbocycles.